The van der Waals surface area contributed by atoms with Crippen molar-refractivity contribution in [3.8, 4) is 5.75 Å². The highest BCUT2D eigenvalue weighted by Gasteiger charge is 2.34. The summed E-state index contributed by atoms with van der Waals surface area (Å²) in [5.74, 6) is -2.37. The number of hydrogen-bond acceptors (Lipinski definition) is 3. The first-order valence-electron chi connectivity index (χ1n) is 4.40. The molecular formula is C9H7F4N3O2. The van der Waals surface area contributed by atoms with Crippen molar-refractivity contribution >= 4 is 12.2 Å². The molecule has 0 atom stereocenters. The van der Waals surface area contributed by atoms with Crippen LogP contribution in [0.2, 0.25) is 0 Å². The van der Waals surface area contributed by atoms with Crippen molar-refractivity contribution in [2.75, 3.05) is 0 Å². The maximum absolute atomic E-state index is 13.0. The van der Waals surface area contributed by atoms with Crippen LogP contribution in [0, 0.1) is 5.82 Å². The molecule has 2 amide bonds. The summed E-state index contributed by atoms with van der Waals surface area (Å²) in [6.07, 6.45) is -4.20. The number of phenolic OH excluding ortho intramolecular Hbond substituents is 1. The zero-order valence-electron chi connectivity index (χ0n) is 8.62. The molecule has 0 aromatic heterocycles. The molecule has 9 heteroatoms. The molecule has 98 valence electrons. The highest BCUT2D eigenvalue weighted by atomic mass is 19.4. The van der Waals surface area contributed by atoms with Crippen LogP contribution in [0.1, 0.15) is 11.1 Å². The van der Waals surface area contributed by atoms with Crippen molar-refractivity contribution in [3.63, 3.8) is 0 Å². The van der Waals surface area contributed by atoms with Crippen molar-refractivity contribution in [2.45, 2.75) is 6.18 Å². The number of phenols is 1. The van der Waals surface area contributed by atoms with Gasteiger partial charge in [-0.1, -0.05) is 0 Å². The summed E-state index contributed by atoms with van der Waals surface area (Å²) in [7, 11) is 0. The van der Waals surface area contributed by atoms with Crippen LogP contribution in [-0.4, -0.2) is 17.4 Å². The van der Waals surface area contributed by atoms with E-state index >= 15 is 0 Å². The molecule has 0 bridgehead atoms. The minimum Gasteiger partial charge on any atom is -0.507 e. The molecule has 18 heavy (non-hydrogen) atoms. The first-order valence-corrected chi connectivity index (χ1v) is 4.40. The Labute approximate surface area is 97.9 Å². The number of amides is 2. The first kappa shape index (κ1) is 13.7. The molecule has 0 saturated heterocycles. The van der Waals surface area contributed by atoms with Gasteiger partial charge in [-0.05, 0) is 6.07 Å². The van der Waals surface area contributed by atoms with Crippen LogP contribution < -0.4 is 11.2 Å². The van der Waals surface area contributed by atoms with Gasteiger partial charge in [0.1, 0.15) is 11.6 Å². The van der Waals surface area contributed by atoms with E-state index in [0.717, 1.165) is 0 Å². The highest BCUT2D eigenvalue weighted by Crippen LogP contribution is 2.34. The van der Waals surface area contributed by atoms with Crippen LogP contribution in [0.3, 0.4) is 0 Å². The second kappa shape index (κ2) is 4.90. The molecule has 0 heterocycles. The number of nitrogens with zero attached hydrogens (tertiary/aromatic N) is 1. The number of alkyl halides is 3. The van der Waals surface area contributed by atoms with E-state index in [2.05, 4.69) is 10.8 Å². The van der Waals surface area contributed by atoms with E-state index in [9.17, 15) is 27.5 Å². The summed E-state index contributed by atoms with van der Waals surface area (Å²) in [4.78, 5) is 10.2. The Morgan fingerprint density at radius 1 is 1.44 bits per heavy atom. The average Bonchev–Trinajstić information content (AvgIpc) is 2.18. The molecule has 0 fully saturated rings. The standard InChI is InChI=1S/C9H7F4N3O2/c10-6-2-7(17)4(3-15-16-8(14)18)1-5(6)9(11,12)13/h1-3,17H,(H3,14,16,18). The van der Waals surface area contributed by atoms with Gasteiger partial charge in [0.05, 0.1) is 11.8 Å². The summed E-state index contributed by atoms with van der Waals surface area (Å²) >= 11 is 0. The largest absolute Gasteiger partial charge is 0.507 e. The van der Waals surface area contributed by atoms with E-state index in [1.54, 1.807) is 5.43 Å². The van der Waals surface area contributed by atoms with Crippen LogP contribution in [0.5, 0.6) is 5.75 Å². The van der Waals surface area contributed by atoms with Crippen molar-refractivity contribution in [1.29, 1.82) is 0 Å². The van der Waals surface area contributed by atoms with Gasteiger partial charge in [0.2, 0.25) is 0 Å². The molecule has 1 rings (SSSR count). The van der Waals surface area contributed by atoms with E-state index in [-0.39, 0.29) is 0 Å². The van der Waals surface area contributed by atoms with Crippen LogP contribution >= 0.6 is 0 Å². The van der Waals surface area contributed by atoms with Crippen molar-refractivity contribution in [3.05, 3.63) is 29.1 Å². The summed E-state index contributed by atoms with van der Waals surface area (Å²) in [5, 5.41) is 12.4. The molecule has 1 aromatic rings. The molecule has 5 nitrogen and oxygen atoms in total. The van der Waals surface area contributed by atoms with Crippen molar-refractivity contribution in [1.82, 2.24) is 5.43 Å². The number of carbonyl (C=O) groups excluding carboxylic acids is 1. The molecular weight excluding hydrogens is 258 g/mol. The Morgan fingerprint density at radius 2 is 2.06 bits per heavy atom. The molecule has 0 saturated carbocycles. The van der Waals surface area contributed by atoms with Crippen molar-refractivity contribution in [2.24, 2.45) is 10.8 Å². The smallest absolute Gasteiger partial charge is 0.419 e. The SMILES string of the molecule is NC(=O)NN=Cc1cc(C(F)(F)F)c(F)cc1O. The normalized spacial score (nSPS) is 11.8. The second-order valence-corrected chi connectivity index (χ2v) is 3.12. The molecule has 0 spiro atoms. The molecule has 0 aliphatic carbocycles. The number of hydrazone groups is 1. The average molecular weight is 265 g/mol. The summed E-state index contributed by atoms with van der Waals surface area (Å²) in [6, 6.07) is -0.380. The molecule has 4 N–H and O–H groups in total. The Balaban J connectivity index is 3.13. The number of nitrogens with one attached hydrogen (secondary N) is 1. The zero-order chi connectivity index (χ0) is 13.9. The number of halogens is 4. The number of carbonyl (C=O) groups is 1. The van der Waals surface area contributed by atoms with Gasteiger partial charge in [0.25, 0.3) is 0 Å². The third kappa shape index (κ3) is 3.34. The topological polar surface area (TPSA) is 87.7 Å². The quantitative estimate of drug-likeness (QED) is 0.430. The predicted molar refractivity (Wildman–Crippen MR) is 53.4 cm³/mol. The number of rotatable bonds is 2. The van der Waals surface area contributed by atoms with Gasteiger partial charge in [0.15, 0.2) is 0 Å². The first-order chi connectivity index (χ1) is 8.21. The Bertz CT molecular complexity index is 499. The van der Waals surface area contributed by atoms with E-state index < -0.39 is 34.9 Å². The van der Waals surface area contributed by atoms with E-state index in [4.69, 9.17) is 0 Å². The minimum absolute atomic E-state index is 0.300. The fourth-order valence-corrected chi connectivity index (χ4v) is 1.07. The molecule has 0 unspecified atom stereocenters. The lowest BCUT2D eigenvalue weighted by atomic mass is 10.1. The number of hydrogen-bond donors (Lipinski definition) is 3. The lowest BCUT2D eigenvalue weighted by molar-refractivity contribution is -0.140. The lowest BCUT2D eigenvalue weighted by Crippen LogP contribution is -2.24. The Kier molecular flexibility index (Phi) is 3.74. The number of urea groups is 1. The number of nitrogens with two attached hydrogens (primary N) is 1. The van der Waals surface area contributed by atoms with Gasteiger partial charge in [-0.25, -0.2) is 14.6 Å². The molecule has 0 aliphatic rings. The number of aromatic hydroxyl groups is 1. The fourth-order valence-electron chi connectivity index (χ4n) is 1.07. The summed E-state index contributed by atoms with van der Waals surface area (Å²) in [6.45, 7) is 0. The van der Waals surface area contributed by atoms with Crippen LogP contribution in [0.25, 0.3) is 0 Å². The Morgan fingerprint density at radius 3 is 2.56 bits per heavy atom. The third-order valence-corrected chi connectivity index (χ3v) is 1.80. The summed E-state index contributed by atoms with van der Waals surface area (Å²) in [5.41, 5.74) is 4.39. The van der Waals surface area contributed by atoms with Crippen molar-refractivity contribution < 1.29 is 27.5 Å². The van der Waals surface area contributed by atoms with Crippen LogP contribution in [-0.2, 0) is 6.18 Å². The second-order valence-electron chi connectivity index (χ2n) is 3.12. The van der Waals surface area contributed by atoms with Gasteiger partial charge in [-0.3, -0.25) is 0 Å². The number of primary amides is 1. The summed E-state index contributed by atoms with van der Waals surface area (Å²) < 4.78 is 50.0. The maximum Gasteiger partial charge on any atom is 0.419 e. The minimum atomic E-state index is -4.91. The van der Waals surface area contributed by atoms with E-state index in [0.29, 0.717) is 18.3 Å². The van der Waals surface area contributed by atoms with Crippen LogP contribution in [0.4, 0.5) is 22.4 Å². The van der Waals surface area contributed by atoms with Gasteiger partial charge in [-0.15, -0.1) is 0 Å². The van der Waals surface area contributed by atoms with Gasteiger partial charge in [-0.2, -0.15) is 18.3 Å². The molecule has 0 radical (unpaired) electrons. The monoisotopic (exact) mass is 265 g/mol. The highest BCUT2D eigenvalue weighted by molar-refractivity contribution is 5.84. The fraction of sp³-hybridized carbons (Fsp3) is 0.111. The van der Waals surface area contributed by atoms with Crippen LogP contribution in [0.15, 0.2) is 17.2 Å². The number of benzene rings is 1. The van der Waals surface area contributed by atoms with E-state index in [1.165, 1.54) is 0 Å². The zero-order valence-corrected chi connectivity index (χ0v) is 8.62. The third-order valence-electron chi connectivity index (χ3n) is 1.80. The van der Waals surface area contributed by atoms with Gasteiger partial charge < -0.3 is 10.8 Å². The molecule has 0 aliphatic heterocycles. The lowest BCUT2D eigenvalue weighted by Gasteiger charge is -2.09. The molecule has 1 aromatic carbocycles. The van der Waals surface area contributed by atoms with E-state index in [1.807, 2.05) is 0 Å². The Hall–Kier alpha value is -2.32. The van der Waals surface area contributed by atoms with Gasteiger partial charge >= 0.3 is 12.2 Å². The predicted octanol–water partition coefficient (Wildman–Crippen LogP) is 1.55. The maximum atomic E-state index is 13.0. The van der Waals surface area contributed by atoms with Gasteiger partial charge in [0, 0.05) is 11.6 Å².